The van der Waals surface area contributed by atoms with E-state index in [1.54, 1.807) is 0 Å². The predicted molar refractivity (Wildman–Crippen MR) is 112 cm³/mol. The molecule has 0 aromatic rings. The number of hydrogen-bond acceptors (Lipinski definition) is 3. The highest BCUT2D eigenvalue weighted by molar-refractivity contribution is 14.0. The van der Waals surface area contributed by atoms with Crippen LogP contribution >= 0.6 is 35.7 Å². The quantitative estimate of drug-likeness (QED) is 0.373. The van der Waals surface area contributed by atoms with E-state index in [2.05, 4.69) is 56.1 Å². The molecule has 1 aliphatic rings. The number of halogens is 1. The van der Waals surface area contributed by atoms with Gasteiger partial charge >= 0.3 is 0 Å². The minimum absolute atomic E-state index is 0. The van der Waals surface area contributed by atoms with Crippen LogP contribution in [0.1, 0.15) is 40.5 Å². The number of thioether (sulfide) groups is 1. The lowest BCUT2D eigenvalue weighted by molar-refractivity contribution is 0.232. The summed E-state index contributed by atoms with van der Waals surface area (Å²) in [4.78, 5) is 9.73. The van der Waals surface area contributed by atoms with Gasteiger partial charge in [0.2, 0.25) is 0 Å². The third-order valence-corrected chi connectivity index (χ3v) is 5.48. The Morgan fingerprint density at radius 1 is 1.41 bits per heavy atom. The number of rotatable bonds is 7. The standard InChI is InChI=1S/C16H34N4S.HI/c1-7-17-15(18-13-16(3,4)21-6)19(5)12-14-10-9-11-20(14)8-2;/h14H,7-13H2,1-6H3,(H,17,18);1H. The number of guanidine groups is 1. The zero-order chi connectivity index (χ0) is 15.9. The van der Waals surface area contributed by atoms with Crippen molar-refractivity contribution < 1.29 is 0 Å². The van der Waals surface area contributed by atoms with Crippen LogP contribution in [0.4, 0.5) is 0 Å². The first-order valence-electron chi connectivity index (χ1n) is 8.22. The van der Waals surface area contributed by atoms with Gasteiger partial charge < -0.3 is 10.2 Å². The lowest BCUT2D eigenvalue weighted by Crippen LogP contribution is -2.46. The van der Waals surface area contributed by atoms with Crippen molar-refractivity contribution in [2.75, 3.05) is 46.0 Å². The van der Waals surface area contributed by atoms with Crippen molar-refractivity contribution in [3.8, 4) is 0 Å². The van der Waals surface area contributed by atoms with E-state index in [1.165, 1.54) is 19.4 Å². The molecule has 1 rings (SSSR count). The van der Waals surface area contributed by atoms with Gasteiger partial charge in [-0.3, -0.25) is 9.89 Å². The topological polar surface area (TPSA) is 30.9 Å². The number of nitrogens with zero attached hydrogens (tertiary/aromatic N) is 3. The number of likely N-dealkylation sites (N-methyl/N-ethyl adjacent to an activating group) is 2. The molecule has 4 nitrogen and oxygen atoms in total. The SMILES string of the molecule is CCNC(=NCC(C)(C)SC)N(C)CC1CCCN1CC.I. The molecule has 132 valence electrons. The molecule has 0 aromatic heterocycles. The van der Waals surface area contributed by atoms with Gasteiger partial charge in [0, 0.05) is 30.9 Å². The summed E-state index contributed by atoms with van der Waals surface area (Å²) >= 11 is 1.87. The Kier molecular flexibility index (Phi) is 11.1. The molecule has 0 aromatic carbocycles. The second-order valence-corrected chi connectivity index (χ2v) is 7.95. The summed E-state index contributed by atoms with van der Waals surface area (Å²) in [5.74, 6) is 1.04. The van der Waals surface area contributed by atoms with Crippen LogP contribution in [-0.2, 0) is 0 Å². The molecule has 0 spiro atoms. The number of likely N-dealkylation sites (tertiary alicyclic amines) is 1. The summed E-state index contributed by atoms with van der Waals surface area (Å²) in [5, 5.41) is 3.43. The average molecular weight is 442 g/mol. The van der Waals surface area contributed by atoms with Crippen LogP contribution < -0.4 is 5.32 Å². The van der Waals surface area contributed by atoms with Crippen LogP contribution in [0, 0.1) is 0 Å². The van der Waals surface area contributed by atoms with Gasteiger partial charge in [0.25, 0.3) is 0 Å². The van der Waals surface area contributed by atoms with Gasteiger partial charge in [-0.25, -0.2) is 0 Å². The van der Waals surface area contributed by atoms with Gasteiger partial charge in [-0.2, -0.15) is 11.8 Å². The Labute approximate surface area is 158 Å². The summed E-state index contributed by atoms with van der Waals surface area (Å²) < 4.78 is 0.199. The number of hydrogen-bond donors (Lipinski definition) is 1. The molecule has 0 aliphatic carbocycles. The first-order valence-corrected chi connectivity index (χ1v) is 9.44. The molecule has 1 aliphatic heterocycles. The summed E-state index contributed by atoms with van der Waals surface area (Å²) in [6, 6.07) is 0.678. The fourth-order valence-corrected chi connectivity index (χ4v) is 2.91. The lowest BCUT2D eigenvalue weighted by Gasteiger charge is -2.30. The Balaban J connectivity index is 0.00000441. The van der Waals surface area contributed by atoms with Crippen LogP contribution in [0.15, 0.2) is 4.99 Å². The van der Waals surface area contributed by atoms with E-state index in [0.29, 0.717) is 6.04 Å². The second-order valence-electron chi connectivity index (χ2n) is 6.44. The van der Waals surface area contributed by atoms with Gasteiger partial charge in [-0.1, -0.05) is 6.92 Å². The van der Waals surface area contributed by atoms with E-state index >= 15 is 0 Å². The van der Waals surface area contributed by atoms with Crippen LogP contribution in [0.5, 0.6) is 0 Å². The van der Waals surface area contributed by atoms with Crippen LogP contribution in [0.3, 0.4) is 0 Å². The molecule has 0 saturated carbocycles. The maximum Gasteiger partial charge on any atom is 0.193 e. The van der Waals surface area contributed by atoms with E-state index in [1.807, 2.05) is 11.8 Å². The first-order chi connectivity index (χ1) is 9.93. The smallest absolute Gasteiger partial charge is 0.193 e. The maximum atomic E-state index is 4.84. The van der Waals surface area contributed by atoms with Crippen molar-refractivity contribution in [1.29, 1.82) is 0 Å². The van der Waals surface area contributed by atoms with Crippen molar-refractivity contribution in [1.82, 2.24) is 15.1 Å². The van der Waals surface area contributed by atoms with Crippen molar-refractivity contribution in [2.45, 2.75) is 51.3 Å². The molecular formula is C16H35IN4S. The summed E-state index contributed by atoms with van der Waals surface area (Å²) in [6.07, 6.45) is 4.80. The minimum Gasteiger partial charge on any atom is -0.357 e. The molecule has 1 unspecified atom stereocenters. The fourth-order valence-electron chi connectivity index (χ4n) is 2.72. The van der Waals surface area contributed by atoms with Gasteiger partial charge in [0.1, 0.15) is 0 Å². The zero-order valence-electron chi connectivity index (χ0n) is 15.2. The van der Waals surface area contributed by atoms with Crippen LogP contribution in [0.2, 0.25) is 0 Å². The van der Waals surface area contributed by atoms with E-state index in [0.717, 1.165) is 32.1 Å². The molecule has 1 heterocycles. The van der Waals surface area contributed by atoms with E-state index in [4.69, 9.17) is 4.99 Å². The second kappa shape index (κ2) is 11.0. The normalized spacial score (nSPS) is 19.9. The van der Waals surface area contributed by atoms with Gasteiger partial charge in [-0.15, -0.1) is 24.0 Å². The third kappa shape index (κ3) is 7.25. The molecule has 1 N–H and O–H groups in total. The van der Waals surface area contributed by atoms with E-state index < -0.39 is 0 Å². The molecule has 0 bridgehead atoms. The highest BCUT2D eigenvalue weighted by atomic mass is 127. The van der Waals surface area contributed by atoms with Gasteiger partial charge in [0.05, 0.1) is 6.54 Å². The van der Waals surface area contributed by atoms with Gasteiger partial charge in [0.15, 0.2) is 5.96 Å². The fraction of sp³-hybridized carbons (Fsp3) is 0.938. The highest BCUT2D eigenvalue weighted by Gasteiger charge is 2.25. The number of nitrogens with one attached hydrogen (secondary N) is 1. The number of aliphatic imine (C=N–C) groups is 1. The Morgan fingerprint density at radius 3 is 2.64 bits per heavy atom. The van der Waals surface area contributed by atoms with Gasteiger partial charge in [-0.05, 0) is 53.0 Å². The lowest BCUT2D eigenvalue weighted by atomic mass is 10.2. The monoisotopic (exact) mass is 442 g/mol. The van der Waals surface area contributed by atoms with Crippen molar-refractivity contribution >= 4 is 41.7 Å². The Bertz CT molecular complexity index is 336. The summed E-state index contributed by atoms with van der Waals surface area (Å²) in [7, 11) is 2.17. The molecule has 22 heavy (non-hydrogen) atoms. The molecule has 1 atom stereocenters. The van der Waals surface area contributed by atoms with Crippen molar-refractivity contribution in [3.63, 3.8) is 0 Å². The van der Waals surface area contributed by atoms with Crippen molar-refractivity contribution in [2.24, 2.45) is 4.99 Å². The van der Waals surface area contributed by atoms with Crippen molar-refractivity contribution in [3.05, 3.63) is 0 Å². The average Bonchev–Trinajstić information content (AvgIpc) is 2.90. The first kappa shape index (κ1) is 22.3. The van der Waals surface area contributed by atoms with Crippen LogP contribution in [0.25, 0.3) is 0 Å². The molecular weight excluding hydrogens is 407 g/mol. The largest absolute Gasteiger partial charge is 0.357 e. The predicted octanol–water partition coefficient (Wildman–Crippen LogP) is 3.13. The Morgan fingerprint density at radius 2 is 2.09 bits per heavy atom. The maximum absolute atomic E-state index is 4.84. The molecule has 0 radical (unpaired) electrons. The third-order valence-electron chi connectivity index (χ3n) is 4.25. The zero-order valence-corrected chi connectivity index (χ0v) is 18.3. The molecule has 6 heteroatoms. The minimum atomic E-state index is 0. The van der Waals surface area contributed by atoms with E-state index in [-0.39, 0.29) is 28.7 Å². The molecule has 1 saturated heterocycles. The summed E-state index contributed by atoms with van der Waals surface area (Å²) in [5.41, 5.74) is 0. The summed E-state index contributed by atoms with van der Waals surface area (Å²) in [6.45, 7) is 14.2. The Hall–Kier alpha value is 0.310. The highest BCUT2D eigenvalue weighted by Crippen LogP contribution is 2.21. The molecule has 0 amide bonds. The van der Waals surface area contributed by atoms with Crippen LogP contribution in [-0.4, -0.2) is 72.6 Å². The van der Waals surface area contributed by atoms with E-state index in [9.17, 15) is 0 Å². The molecule has 1 fully saturated rings.